The fourth-order valence-electron chi connectivity index (χ4n) is 0.958. The first-order valence-electron chi connectivity index (χ1n) is 3.37. The van der Waals surface area contributed by atoms with Gasteiger partial charge in [-0.15, -0.1) is 0 Å². The third kappa shape index (κ3) is 1.72. The molecule has 1 aromatic carbocycles. The number of hydrogen-bond acceptors (Lipinski definition) is 3. The normalized spacial score (nSPS) is 10.0. The molecule has 0 spiro atoms. The first-order valence-corrected chi connectivity index (χ1v) is 3.75. The zero-order valence-corrected chi connectivity index (χ0v) is 7.21. The van der Waals surface area contributed by atoms with Gasteiger partial charge < -0.3 is 15.2 Å². The standard InChI is InChI=1S/C7H8BClO3/c1-4-2-5(9)3-6(7(4)10)8(11)12/h2-3,10-12H,1H3. The van der Waals surface area contributed by atoms with Gasteiger partial charge in [-0.25, -0.2) is 0 Å². The highest BCUT2D eigenvalue weighted by atomic mass is 35.5. The van der Waals surface area contributed by atoms with E-state index in [1.165, 1.54) is 6.07 Å². The van der Waals surface area contributed by atoms with Crippen LogP contribution in [0.15, 0.2) is 12.1 Å². The van der Waals surface area contributed by atoms with Gasteiger partial charge in [0.1, 0.15) is 5.75 Å². The molecule has 3 N–H and O–H groups in total. The summed E-state index contributed by atoms with van der Waals surface area (Å²) >= 11 is 5.63. The Morgan fingerprint density at radius 1 is 1.33 bits per heavy atom. The van der Waals surface area contributed by atoms with E-state index in [4.69, 9.17) is 21.6 Å². The maximum atomic E-state index is 9.31. The molecule has 0 saturated heterocycles. The lowest BCUT2D eigenvalue weighted by Crippen LogP contribution is -2.30. The molecule has 0 heterocycles. The average Bonchev–Trinajstić information content (AvgIpc) is 1.96. The monoisotopic (exact) mass is 186 g/mol. The number of aryl methyl sites for hydroxylation is 1. The molecule has 0 unspecified atom stereocenters. The SMILES string of the molecule is Cc1cc(Cl)cc(B(O)O)c1O. The first kappa shape index (κ1) is 9.38. The molecule has 0 aliphatic rings. The van der Waals surface area contributed by atoms with Crippen molar-refractivity contribution < 1.29 is 15.2 Å². The van der Waals surface area contributed by atoms with Crippen molar-refractivity contribution in [3.05, 3.63) is 22.7 Å². The molecule has 12 heavy (non-hydrogen) atoms. The van der Waals surface area contributed by atoms with E-state index in [2.05, 4.69) is 0 Å². The lowest BCUT2D eigenvalue weighted by atomic mass is 9.79. The molecular formula is C7H8BClO3. The van der Waals surface area contributed by atoms with Crippen LogP contribution in [0.2, 0.25) is 5.02 Å². The molecule has 0 saturated carbocycles. The lowest BCUT2D eigenvalue weighted by Gasteiger charge is -2.06. The van der Waals surface area contributed by atoms with Crippen molar-refractivity contribution in [1.29, 1.82) is 0 Å². The Morgan fingerprint density at radius 2 is 1.92 bits per heavy atom. The second-order valence-electron chi connectivity index (χ2n) is 2.53. The van der Waals surface area contributed by atoms with Gasteiger partial charge in [0.15, 0.2) is 0 Å². The van der Waals surface area contributed by atoms with Crippen molar-refractivity contribution in [3.8, 4) is 5.75 Å². The van der Waals surface area contributed by atoms with Gasteiger partial charge >= 0.3 is 7.12 Å². The number of phenolic OH excluding ortho intramolecular Hbond substituents is 1. The van der Waals surface area contributed by atoms with Crippen molar-refractivity contribution >= 4 is 24.2 Å². The largest absolute Gasteiger partial charge is 0.508 e. The number of hydrogen-bond donors (Lipinski definition) is 3. The molecule has 64 valence electrons. The van der Waals surface area contributed by atoms with E-state index < -0.39 is 7.12 Å². The molecule has 0 fully saturated rings. The van der Waals surface area contributed by atoms with E-state index in [1.54, 1.807) is 13.0 Å². The molecule has 5 heteroatoms. The van der Waals surface area contributed by atoms with Crippen LogP contribution in [0.5, 0.6) is 5.75 Å². The summed E-state index contributed by atoms with van der Waals surface area (Å²) in [6.45, 7) is 1.63. The first-order chi connectivity index (χ1) is 5.52. The van der Waals surface area contributed by atoms with Crippen LogP contribution < -0.4 is 5.46 Å². The lowest BCUT2D eigenvalue weighted by molar-refractivity contribution is 0.419. The zero-order valence-electron chi connectivity index (χ0n) is 6.45. The number of aromatic hydroxyl groups is 1. The highest BCUT2D eigenvalue weighted by Crippen LogP contribution is 2.18. The van der Waals surface area contributed by atoms with Crippen molar-refractivity contribution in [1.82, 2.24) is 0 Å². The second-order valence-corrected chi connectivity index (χ2v) is 2.97. The van der Waals surface area contributed by atoms with E-state index >= 15 is 0 Å². The van der Waals surface area contributed by atoms with Crippen LogP contribution in [0.4, 0.5) is 0 Å². The Bertz CT molecular complexity index is 301. The minimum Gasteiger partial charge on any atom is -0.508 e. The summed E-state index contributed by atoms with van der Waals surface area (Å²) in [7, 11) is -1.69. The Hall–Kier alpha value is -0.705. The summed E-state index contributed by atoms with van der Waals surface area (Å²) in [5, 5.41) is 27.3. The molecule has 1 rings (SSSR count). The van der Waals surface area contributed by atoms with Crippen LogP contribution in [-0.4, -0.2) is 22.3 Å². The van der Waals surface area contributed by atoms with Crippen LogP contribution in [0, 0.1) is 6.92 Å². The van der Waals surface area contributed by atoms with E-state index in [1.807, 2.05) is 0 Å². The Kier molecular flexibility index (Phi) is 2.62. The number of halogens is 1. The second kappa shape index (κ2) is 3.35. The fraction of sp³-hybridized carbons (Fsp3) is 0.143. The fourth-order valence-corrected chi connectivity index (χ4v) is 1.24. The van der Waals surface area contributed by atoms with E-state index in [0.717, 1.165) is 0 Å². The van der Waals surface area contributed by atoms with Crippen molar-refractivity contribution in [2.45, 2.75) is 6.92 Å². The molecule has 0 aromatic heterocycles. The maximum Gasteiger partial charge on any atom is 0.492 e. The molecule has 1 aromatic rings. The van der Waals surface area contributed by atoms with Crippen LogP contribution in [0.1, 0.15) is 5.56 Å². The predicted molar refractivity (Wildman–Crippen MR) is 47.7 cm³/mol. The summed E-state index contributed by atoms with van der Waals surface area (Å²) in [5.74, 6) is -0.130. The molecule has 0 bridgehead atoms. The van der Waals surface area contributed by atoms with Crippen LogP contribution in [0.25, 0.3) is 0 Å². The third-order valence-corrected chi connectivity index (χ3v) is 1.79. The van der Waals surface area contributed by atoms with Gasteiger partial charge in [-0.3, -0.25) is 0 Å². The van der Waals surface area contributed by atoms with Gasteiger partial charge in [0.2, 0.25) is 0 Å². The van der Waals surface area contributed by atoms with E-state index in [0.29, 0.717) is 10.6 Å². The molecule has 3 nitrogen and oxygen atoms in total. The van der Waals surface area contributed by atoms with Gasteiger partial charge in [-0.1, -0.05) is 11.6 Å². The summed E-state index contributed by atoms with van der Waals surface area (Å²) in [4.78, 5) is 0. The minimum atomic E-state index is -1.69. The number of benzene rings is 1. The van der Waals surface area contributed by atoms with Gasteiger partial charge in [0.25, 0.3) is 0 Å². The van der Waals surface area contributed by atoms with Crippen molar-refractivity contribution in [3.63, 3.8) is 0 Å². The Balaban J connectivity index is 3.28. The number of rotatable bonds is 1. The van der Waals surface area contributed by atoms with Gasteiger partial charge in [0.05, 0.1) is 0 Å². The quantitative estimate of drug-likeness (QED) is 0.543. The van der Waals surface area contributed by atoms with Crippen molar-refractivity contribution in [2.75, 3.05) is 0 Å². The summed E-state index contributed by atoms with van der Waals surface area (Å²) in [6, 6.07) is 2.86. The van der Waals surface area contributed by atoms with E-state index in [-0.39, 0.29) is 11.2 Å². The van der Waals surface area contributed by atoms with Crippen LogP contribution >= 0.6 is 11.6 Å². The number of phenols is 1. The summed E-state index contributed by atoms with van der Waals surface area (Å²) < 4.78 is 0. The van der Waals surface area contributed by atoms with E-state index in [9.17, 15) is 5.11 Å². The highest BCUT2D eigenvalue weighted by Gasteiger charge is 2.17. The third-order valence-electron chi connectivity index (χ3n) is 1.57. The molecule has 0 aliphatic carbocycles. The maximum absolute atomic E-state index is 9.31. The van der Waals surface area contributed by atoms with Crippen LogP contribution in [0.3, 0.4) is 0 Å². The van der Waals surface area contributed by atoms with Gasteiger partial charge in [0, 0.05) is 10.5 Å². The van der Waals surface area contributed by atoms with Gasteiger partial charge in [-0.2, -0.15) is 0 Å². The Labute approximate surface area is 75.4 Å². The van der Waals surface area contributed by atoms with Crippen LogP contribution in [-0.2, 0) is 0 Å². The Morgan fingerprint density at radius 3 is 2.42 bits per heavy atom. The van der Waals surface area contributed by atoms with Gasteiger partial charge in [-0.05, 0) is 24.6 Å². The molecule has 0 amide bonds. The highest BCUT2D eigenvalue weighted by molar-refractivity contribution is 6.60. The molecule has 0 aliphatic heterocycles. The summed E-state index contributed by atoms with van der Waals surface area (Å²) in [5.41, 5.74) is 0.547. The smallest absolute Gasteiger partial charge is 0.492 e. The predicted octanol–water partition coefficient (Wildman–Crippen LogP) is 0.0338. The summed E-state index contributed by atoms with van der Waals surface area (Å²) in [6.07, 6.45) is 0. The van der Waals surface area contributed by atoms with Crippen molar-refractivity contribution in [2.24, 2.45) is 0 Å². The zero-order chi connectivity index (χ0) is 9.30. The minimum absolute atomic E-state index is 0.0278. The molecular weight excluding hydrogens is 178 g/mol. The average molecular weight is 186 g/mol. The topological polar surface area (TPSA) is 60.7 Å². The molecule has 0 radical (unpaired) electrons. The molecule has 0 atom stereocenters.